The van der Waals surface area contributed by atoms with Gasteiger partial charge in [-0.05, 0) is 81.6 Å². The first kappa shape index (κ1) is 62.6. The fourth-order valence-corrected chi connectivity index (χ4v) is 12.9. The molecule has 2 fully saturated rings. The van der Waals surface area contributed by atoms with Crippen LogP contribution in [-0.4, -0.2) is 95.1 Å². The summed E-state index contributed by atoms with van der Waals surface area (Å²) in [5.41, 5.74) is 8.65. The van der Waals surface area contributed by atoms with Gasteiger partial charge in [-0.15, -0.1) is 0 Å². The normalized spacial score (nSPS) is 19.6. The molecule has 476 valence electrons. The third kappa shape index (κ3) is 12.4. The fraction of sp³-hybridized carbons (Fsp3) is 0.237. The van der Waals surface area contributed by atoms with Crippen molar-refractivity contribution in [1.29, 1.82) is 0 Å². The molecule has 0 spiro atoms. The Morgan fingerprint density at radius 3 is 1.11 bits per heavy atom. The predicted octanol–water partition coefficient (Wildman–Crippen LogP) is 14.0. The lowest BCUT2D eigenvalue weighted by Crippen LogP contribution is -2.38. The molecule has 2 unspecified atom stereocenters. The van der Waals surface area contributed by atoms with E-state index in [1.807, 2.05) is 176 Å². The van der Waals surface area contributed by atoms with Gasteiger partial charge in [-0.1, -0.05) is 220 Å². The zero-order valence-electron chi connectivity index (χ0n) is 52.5. The van der Waals surface area contributed by atoms with Gasteiger partial charge in [0.1, 0.15) is 53.5 Å². The van der Waals surface area contributed by atoms with Crippen LogP contribution in [0.2, 0.25) is 0 Å². The minimum atomic E-state index is -1.33. The Kier molecular flexibility index (Phi) is 18.9. The Morgan fingerprint density at radius 1 is 0.436 bits per heavy atom. The van der Waals surface area contributed by atoms with Gasteiger partial charge in [0.15, 0.2) is 52.6 Å². The number of ether oxygens (including phenoxy) is 6. The number of benzene rings is 8. The van der Waals surface area contributed by atoms with E-state index in [4.69, 9.17) is 48.4 Å². The highest BCUT2D eigenvalue weighted by atomic mass is 19.1. The van der Waals surface area contributed by atoms with Gasteiger partial charge in [0.25, 0.3) is 0 Å². The lowest BCUT2D eigenvalue weighted by atomic mass is 9.77. The smallest absolute Gasteiger partial charge is 0.167 e. The number of alkyl halides is 1. The molecule has 2 aliphatic heterocycles. The van der Waals surface area contributed by atoms with Crippen molar-refractivity contribution in [3.63, 3.8) is 0 Å². The molecule has 18 heteroatoms. The van der Waals surface area contributed by atoms with E-state index in [0.29, 0.717) is 53.4 Å². The SMILES string of the molecule is CC[C@H]1O[C@@H](n2cnc3c(NC(c4ccccc4)(c4ccccc4)c4ccccc4)ncnc32)[C@@H](OCc2ccc(OC)cc2)C1F.CC[C@H]1O[C@@H](n2cnc3c(NC(c4ccccc4)(c4ccccc4)c4ccccc4)ncnc32)[C@@H](OCc2ccc(OC)cc2)C1O. The second-order valence-corrected chi connectivity index (χ2v) is 23.2. The molecule has 0 radical (unpaired) electrons. The summed E-state index contributed by atoms with van der Waals surface area (Å²) in [4.78, 5) is 28.3. The Labute approximate surface area is 545 Å². The third-order valence-corrected chi connectivity index (χ3v) is 17.7. The Bertz CT molecular complexity index is 3900. The molecule has 0 aliphatic carbocycles. The number of nitrogens with zero attached hydrogens (tertiary/aromatic N) is 8. The number of hydrogen-bond acceptors (Lipinski definition) is 15. The standard InChI is InChI=1S/C38H36FN5O3.C38H37N5O4/c1-3-31-32(39)34(46-23-26-19-21-30(45-2)22-20-26)37(47-31)44-25-42-33-35(40-24-41-36(33)44)43-38(27-13-7-4-8-14-27,28-15-9-5-10-16-28)29-17-11-6-12-18-29;1-3-31-33(44)34(46-23-26-19-21-30(45-2)22-20-26)37(47-31)43-25-41-32-35(39-24-40-36(32)43)42-38(27-13-7-4-8-14-27,28-15-9-5-10-16-28)29-17-11-6-12-18-29/h4-22,24-25,31-32,34,37H,3,23H2,1-2H3,(H,40,41,43);4-22,24-25,31,33-34,37,44H,3,23H2,1-2H3,(H,39,40,42)/t31-,32?,34+,37-;31-,33?,34+,37-/m11/s1. The van der Waals surface area contributed by atoms with Crippen molar-refractivity contribution in [1.82, 2.24) is 39.0 Å². The van der Waals surface area contributed by atoms with Gasteiger partial charge in [0.05, 0.1) is 52.3 Å². The van der Waals surface area contributed by atoms with Gasteiger partial charge in [0, 0.05) is 0 Å². The summed E-state index contributed by atoms with van der Waals surface area (Å²) < 4.78 is 55.3. The van der Waals surface area contributed by atoms with Crippen molar-refractivity contribution in [3.05, 3.63) is 300 Å². The lowest BCUT2D eigenvalue weighted by molar-refractivity contribution is -0.0736. The Morgan fingerprint density at radius 2 is 0.766 bits per heavy atom. The summed E-state index contributed by atoms with van der Waals surface area (Å²) in [6, 6.07) is 77.1. The van der Waals surface area contributed by atoms with Crippen molar-refractivity contribution >= 4 is 34.0 Å². The van der Waals surface area contributed by atoms with Crippen LogP contribution in [-0.2, 0) is 43.2 Å². The molecular weight excluding hydrogens is 1180 g/mol. The van der Waals surface area contributed by atoms with E-state index in [-0.39, 0.29) is 6.61 Å². The van der Waals surface area contributed by atoms with Crippen LogP contribution in [0.25, 0.3) is 22.3 Å². The molecule has 12 aromatic rings. The molecule has 4 aromatic heterocycles. The maximum Gasteiger partial charge on any atom is 0.167 e. The topological polar surface area (TPSA) is 187 Å². The highest BCUT2D eigenvalue weighted by Gasteiger charge is 2.48. The van der Waals surface area contributed by atoms with Crippen molar-refractivity contribution in [2.24, 2.45) is 0 Å². The number of methoxy groups -OCH3 is 2. The number of anilines is 2. The number of nitrogens with one attached hydrogen (secondary N) is 2. The summed E-state index contributed by atoms with van der Waals surface area (Å²) in [6.45, 7) is 4.41. The molecule has 8 atom stereocenters. The van der Waals surface area contributed by atoms with Gasteiger partial charge in [0.2, 0.25) is 0 Å². The quantitative estimate of drug-likeness (QED) is 0.0544. The third-order valence-electron chi connectivity index (χ3n) is 17.7. The van der Waals surface area contributed by atoms with E-state index < -0.39 is 60.2 Å². The fourth-order valence-electron chi connectivity index (χ4n) is 12.9. The maximum atomic E-state index is 15.8. The molecule has 0 saturated carbocycles. The number of fused-ring (bicyclic) bond motifs is 2. The zero-order valence-corrected chi connectivity index (χ0v) is 52.5. The van der Waals surface area contributed by atoms with Crippen LogP contribution < -0.4 is 20.1 Å². The molecule has 0 bridgehead atoms. The van der Waals surface area contributed by atoms with Crippen molar-refractivity contribution in [3.8, 4) is 11.5 Å². The minimum absolute atomic E-state index is 0.216. The van der Waals surface area contributed by atoms with Crippen LogP contribution in [0, 0.1) is 0 Å². The first-order valence-electron chi connectivity index (χ1n) is 31.6. The van der Waals surface area contributed by atoms with Crippen LogP contribution in [0.15, 0.2) is 256 Å². The minimum Gasteiger partial charge on any atom is -0.497 e. The molecule has 94 heavy (non-hydrogen) atoms. The highest BCUT2D eigenvalue weighted by Crippen LogP contribution is 2.45. The second kappa shape index (κ2) is 28.3. The summed E-state index contributed by atoms with van der Waals surface area (Å²) in [6.07, 6.45) is 1.36. The molecule has 2 saturated heterocycles. The van der Waals surface area contributed by atoms with Crippen LogP contribution >= 0.6 is 0 Å². The molecule has 14 rings (SSSR count). The first-order valence-corrected chi connectivity index (χ1v) is 31.6. The lowest BCUT2D eigenvalue weighted by Gasteiger charge is -2.37. The Balaban J connectivity index is 0.000000171. The van der Waals surface area contributed by atoms with Gasteiger partial charge in [-0.25, -0.2) is 34.3 Å². The van der Waals surface area contributed by atoms with E-state index in [0.717, 1.165) is 56.0 Å². The molecule has 0 amide bonds. The van der Waals surface area contributed by atoms with Crippen LogP contribution in [0.4, 0.5) is 16.0 Å². The number of aliphatic hydroxyl groups is 1. The average Bonchev–Trinajstić information content (AvgIpc) is 1.09. The molecule has 6 heterocycles. The predicted molar refractivity (Wildman–Crippen MR) is 359 cm³/mol. The van der Waals surface area contributed by atoms with E-state index in [9.17, 15) is 5.11 Å². The van der Waals surface area contributed by atoms with Gasteiger partial charge < -0.3 is 44.2 Å². The van der Waals surface area contributed by atoms with E-state index >= 15 is 4.39 Å². The van der Waals surface area contributed by atoms with Crippen molar-refractivity contribution in [2.45, 2.75) is 100 Å². The van der Waals surface area contributed by atoms with Crippen molar-refractivity contribution < 1.29 is 37.9 Å². The Hall–Kier alpha value is -10.2. The van der Waals surface area contributed by atoms with Gasteiger partial charge in [-0.2, -0.15) is 0 Å². The van der Waals surface area contributed by atoms with Gasteiger partial charge >= 0.3 is 0 Å². The number of aliphatic hydroxyl groups excluding tert-OH is 1. The van der Waals surface area contributed by atoms with E-state index in [1.165, 1.54) is 12.7 Å². The number of halogens is 1. The average molecular weight is 1260 g/mol. The monoisotopic (exact) mass is 1260 g/mol. The summed E-state index contributed by atoms with van der Waals surface area (Å²) in [5.74, 6) is 2.61. The van der Waals surface area contributed by atoms with Crippen LogP contribution in [0.3, 0.4) is 0 Å². The number of rotatable bonds is 22. The molecular formula is C76H73FN10O7. The second-order valence-electron chi connectivity index (χ2n) is 23.2. The zero-order chi connectivity index (χ0) is 64.4. The number of hydrogen-bond donors (Lipinski definition) is 3. The number of imidazole rings is 2. The summed E-state index contributed by atoms with van der Waals surface area (Å²) in [7, 11) is 3.26. The molecule has 3 N–H and O–H groups in total. The van der Waals surface area contributed by atoms with Crippen molar-refractivity contribution in [2.75, 3.05) is 24.9 Å². The maximum absolute atomic E-state index is 15.8. The molecule has 2 aliphatic rings. The largest absolute Gasteiger partial charge is 0.497 e. The van der Waals surface area contributed by atoms with E-state index in [1.54, 1.807) is 31.4 Å². The van der Waals surface area contributed by atoms with Gasteiger partial charge in [-0.3, -0.25) is 9.13 Å². The summed E-state index contributed by atoms with van der Waals surface area (Å²) in [5, 5.41) is 18.9. The van der Waals surface area contributed by atoms with Crippen LogP contribution in [0.1, 0.15) is 83.7 Å². The number of aromatic nitrogens is 8. The highest BCUT2D eigenvalue weighted by molar-refractivity contribution is 5.85. The molecule has 17 nitrogen and oxygen atoms in total. The van der Waals surface area contributed by atoms with E-state index in [2.05, 4.69) is 93.4 Å². The van der Waals surface area contributed by atoms with Crippen LogP contribution in [0.5, 0.6) is 11.5 Å². The molecule has 8 aromatic carbocycles. The first-order chi connectivity index (χ1) is 46.2. The summed E-state index contributed by atoms with van der Waals surface area (Å²) >= 11 is 0.